The Labute approximate surface area is 186 Å². The normalized spacial score (nSPS) is 30.8. The lowest BCUT2D eigenvalue weighted by atomic mass is 9.49. The SMILES string of the molecule is CSCCC(NC(=O)c1ccccc1Br)C(=O)NCC12CC3CC(CC(C3)C1)C2. The molecule has 2 amide bonds. The third kappa shape index (κ3) is 4.84. The summed E-state index contributed by atoms with van der Waals surface area (Å²) in [5, 5.41) is 6.22. The third-order valence-electron chi connectivity index (χ3n) is 7.15. The van der Waals surface area contributed by atoms with Crippen molar-refractivity contribution in [3.05, 3.63) is 34.3 Å². The minimum Gasteiger partial charge on any atom is -0.354 e. The number of hydrogen-bond acceptors (Lipinski definition) is 3. The van der Waals surface area contributed by atoms with Crippen molar-refractivity contribution in [1.29, 1.82) is 0 Å². The lowest BCUT2D eigenvalue weighted by Crippen LogP contribution is -2.54. The van der Waals surface area contributed by atoms with Crippen LogP contribution in [0.1, 0.15) is 55.3 Å². The van der Waals surface area contributed by atoms with E-state index in [-0.39, 0.29) is 11.8 Å². The maximum atomic E-state index is 13.0. The minimum absolute atomic E-state index is 0.0322. The molecule has 0 radical (unpaired) electrons. The average Bonchev–Trinajstić information content (AvgIpc) is 2.68. The number of carbonyl (C=O) groups is 2. The fourth-order valence-corrected chi connectivity index (χ4v) is 7.23. The first-order chi connectivity index (χ1) is 14.0. The van der Waals surface area contributed by atoms with Gasteiger partial charge in [-0.3, -0.25) is 9.59 Å². The number of carbonyl (C=O) groups excluding carboxylic acids is 2. The van der Waals surface area contributed by atoms with Crippen LogP contribution in [0.5, 0.6) is 0 Å². The van der Waals surface area contributed by atoms with Crippen LogP contribution in [0.25, 0.3) is 0 Å². The van der Waals surface area contributed by atoms with Crippen LogP contribution >= 0.6 is 27.7 Å². The fraction of sp³-hybridized carbons (Fsp3) is 0.652. The second-order valence-electron chi connectivity index (χ2n) is 9.42. The van der Waals surface area contributed by atoms with Gasteiger partial charge in [-0.05, 0) is 108 Å². The molecule has 0 heterocycles. The molecule has 4 aliphatic rings. The van der Waals surface area contributed by atoms with Crippen LogP contribution in [0.4, 0.5) is 0 Å². The molecule has 4 bridgehead atoms. The molecule has 4 saturated carbocycles. The number of rotatable bonds is 8. The molecule has 1 aromatic carbocycles. The van der Waals surface area contributed by atoms with Crippen molar-refractivity contribution < 1.29 is 9.59 Å². The second-order valence-corrected chi connectivity index (χ2v) is 11.3. The molecular formula is C23H31BrN2O2S. The molecule has 4 nitrogen and oxygen atoms in total. The van der Waals surface area contributed by atoms with Crippen LogP contribution < -0.4 is 10.6 Å². The smallest absolute Gasteiger partial charge is 0.253 e. The van der Waals surface area contributed by atoms with Gasteiger partial charge < -0.3 is 10.6 Å². The summed E-state index contributed by atoms with van der Waals surface area (Å²) in [6.07, 6.45) is 10.7. The Morgan fingerprint density at radius 1 is 1.14 bits per heavy atom. The van der Waals surface area contributed by atoms with Crippen LogP contribution in [0.3, 0.4) is 0 Å². The van der Waals surface area contributed by atoms with E-state index in [1.165, 1.54) is 38.5 Å². The monoisotopic (exact) mass is 478 g/mol. The van der Waals surface area contributed by atoms with Gasteiger partial charge in [-0.2, -0.15) is 11.8 Å². The summed E-state index contributed by atoms with van der Waals surface area (Å²) in [5.41, 5.74) is 0.872. The van der Waals surface area contributed by atoms with E-state index in [4.69, 9.17) is 0 Å². The van der Waals surface area contributed by atoms with Gasteiger partial charge in [-0.1, -0.05) is 12.1 Å². The van der Waals surface area contributed by atoms with E-state index in [1.807, 2.05) is 24.5 Å². The van der Waals surface area contributed by atoms with Gasteiger partial charge in [0.05, 0.1) is 5.56 Å². The van der Waals surface area contributed by atoms with Crippen LogP contribution in [-0.4, -0.2) is 36.4 Å². The molecular weight excluding hydrogens is 448 g/mol. The van der Waals surface area contributed by atoms with E-state index >= 15 is 0 Å². The van der Waals surface area contributed by atoms with Crippen LogP contribution in [-0.2, 0) is 4.79 Å². The summed E-state index contributed by atoms with van der Waals surface area (Å²) in [6.45, 7) is 0.774. The van der Waals surface area contributed by atoms with E-state index in [1.54, 1.807) is 17.8 Å². The molecule has 1 atom stereocenters. The first kappa shape index (κ1) is 21.2. The number of hydrogen-bond donors (Lipinski definition) is 2. The molecule has 0 aromatic heterocycles. The Balaban J connectivity index is 1.38. The molecule has 6 heteroatoms. The Kier molecular flexibility index (Phi) is 6.59. The van der Waals surface area contributed by atoms with Crippen LogP contribution in [0.2, 0.25) is 0 Å². The molecule has 1 aromatic rings. The molecule has 0 saturated heterocycles. The summed E-state index contributed by atoms with van der Waals surface area (Å²) in [6, 6.07) is 6.85. The van der Waals surface area contributed by atoms with Crippen molar-refractivity contribution in [2.24, 2.45) is 23.2 Å². The Hall–Kier alpha value is -1.01. The highest BCUT2D eigenvalue weighted by Crippen LogP contribution is 2.59. The van der Waals surface area contributed by atoms with Crippen LogP contribution in [0, 0.1) is 23.2 Å². The zero-order valence-corrected chi connectivity index (χ0v) is 19.5. The Morgan fingerprint density at radius 3 is 2.34 bits per heavy atom. The van der Waals surface area contributed by atoms with Crippen molar-refractivity contribution in [3.63, 3.8) is 0 Å². The largest absolute Gasteiger partial charge is 0.354 e. The highest BCUT2D eigenvalue weighted by atomic mass is 79.9. The average molecular weight is 479 g/mol. The lowest BCUT2D eigenvalue weighted by Gasteiger charge is -2.57. The van der Waals surface area contributed by atoms with Gasteiger partial charge in [0, 0.05) is 11.0 Å². The van der Waals surface area contributed by atoms with Gasteiger partial charge in [0.2, 0.25) is 5.91 Å². The zero-order valence-electron chi connectivity index (χ0n) is 17.1. The van der Waals surface area contributed by atoms with Crippen molar-refractivity contribution >= 4 is 39.5 Å². The van der Waals surface area contributed by atoms with Gasteiger partial charge >= 0.3 is 0 Å². The molecule has 29 heavy (non-hydrogen) atoms. The molecule has 5 rings (SSSR count). The Bertz CT molecular complexity index is 734. The number of nitrogens with one attached hydrogen (secondary N) is 2. The highest BCUT2D eigenvalue weighted by molar-refractivity contribution is 9.10. The molecule has 0 aliphatic heterocycles. The van der Waals surface area contributed by atoms with E-state index in [2.05, 4.69) is 26.6 Å². The van der Waals surface area contributed by atoms with Crippen LogP contribution in [0.15, 0.2) is 28.7 Å². The highest BCUT2D eigenvalue weighted by Gasteiger charge is 2.50. The molecule has 1 unspecified atom stereocenters. The Morgan fingerprint density at radius 2 is 1.76 bits per heavy atom. The summed E-state index contributed by atoms with van der Waals surface area (Å²) in [7, 11) is 0. The van der Waals surface area contributed by atoms with E-state index < -0.39 is 6.04 Å². The molecule has 4 aliphatic carbocycles. The summed E-state index contributed by atoms with van der Waals surface area (Å²) in [4.78, 5) is 25.8. The summed E-state index contributed by atoms with van der Waals surface area (Å²) in [5.74, 6) is 3.23. The molecule has 158 valence electrons. The van der Waals surface area contributed by atoms with E-state index in [0.717, 1.165) is 34.5 Å². The first-order valence-electron chi connectivity index (χ1n) is 10.8. The molecule has 0 spiro atoms. The van der Waals surface area contributed by atoms with Crippen molar-refractivity contribution in [1.82, 2.24) is 10.6 Å². The number of benzene rings is 1. The quantitative estimate of drug-likeness (QED) is 0.572. The fourth-order valence-electron chi connectivity index (χ4n) is 6.29. The summed E-state index contributed by atoms with van der Waals surface area (Å²) < 4.78 is 0.745. The van der Waals surface area contributed by atoms with Gasteiger partial charge in [-0.25, -0.2) is 0 Å². The first-order valence-corrected chi connectivity index (χ1v) is 13.0. The van der Waals surface area contributed by atoms with Crippen molar-refractivity contribution in [3.8, 4) is 0 Å². The molecule has 4 fully saturated rings. The second kappa shape index (κ2) is 9.01. The van der Waals surface area contributed by atoms with Gasteiger partial charge in [0.25, 0.3) is 5.91 Å². The zero-order chi connectivity index (χ0) is 20.4. The maximum absolute atomic E-state index is 13.0. The lowest BCUT2D eigenvalue weighted by molar-refractivity contribution is -0.125. The van der Waals surface area contributed by atoms with Crippen molar-refractivity contribution in [2.75, 3.05) is 18.6 Å². The van der Waals surface area contributed by atoms with Gasteiger partial charge in [0.15, 0.2) is 0 Å². The van der Waals surface area contributed by atoms with Gasteiger partial charge in [-0.15, -0.1) is 0 Å². The number of halogens is 1. The van der Waals surface area contributed by atoms with Gasteiger partial charge in [0.1, 0.15) is 6.04 Å². The number of amides is 2. The van der Waals surface area contributed by atoms with E-state index in [9.17, 15) is 9.59 Å². The standard InChI is InChI=1S/C23H31BrN2O2S/c1-29-7-6-20(26-21(27)18-4-2-3-5-19(18)24)22(28)25-14-23-11-15-8-16(12-23)10-17(9-15)13-23/h2-5,15-17,20H,6-14H2,1H3,(H,25,28)(H,26,27). The van der Waals surface area contributed by atoms with E-state index in [0.29, 0.717) is 17.4 Å². The predicted octanol–water partition coefficient (Wildman–Crippen LogP) is 4.63. The maximum Gasteiger partial charge on any atom is 0.253 e. The third-order valence-corrected chi connectivity index (χ3v) is 8.49. The topological polar surface area (TPSA) is 58.2 Å². The summed E-state index contributed by atoms with van der Waals surface area (Å²) >= 11 is 5.13. The van der Waals surface area contributed by atoms with Crippen molar-refractivity contribution in [2.45, 2.75) is 51.0 Å². The molecule has 2 N–H and O–H groups in total. The number of thioether (sulfide) groups is 1. The predicted molar refractivity (Wildman–Crippen MR) is 122 cm³/mol. The minimum atomic E-state index is -0.490.